The van der Waals surface area contributed by atoms with Crippen molar-refractivity contribution in [3.05, 3.63) is 33.8 Å². The number of nitrogens with zero attached hydrogens (tertiary/aromatic N) is 1. The molecule has 0 amide bonds. The third-order valence-electron chi connectivity index (χ3n) is 2.86. The van der Waals surface area contributed by atoms with Gasteiger partial charge in [0, 0.05) is 23.5 Å². The van der Waals surface area contributed by atoms with E-state index in [1.807, 2.05) is 19.2 Å². The van der Waals surface area contributed by atoms with Crippen molar-refractivity contribution in [1.82, 2.24) is 15.2 Å². The Morgan fingerprint density at radius 2 is 2.14 bits per heavy atom. The lowest BCUT2D eigenvalue weighted by atomic mass is 10.3. The standard InChI is InChI=1S/C13H19N3O3S2/c1-9(2)14-7-12-13(10(3)8-20-12)21(17,18)16-6-11-4-5-15-19-11/h4-5,8-9,14,16H,6-7H2,1-3H3. The quantitative estimate of drug-likeness (QED) is 0.812. The molecule has 0 saturated carbocycles. The summed E-state index contributed by atoms with van der Waals surface area (Å²) in [5, 5.41) is 8.66. The number of aromatic nitrogens is 1. The summed E-state index contributed by atoms with van der Waals surface area (Å²) in [6.45, 7) is 6.48. The van der Waals surface area contributed by atoms with Crippen LogP contribution in [0.3, 0.4) is 0 Å². The second-order valence-electron chi connectivity index (χ2n) is 5.01. The van der Waals surface area contributed by atoms with Gasteiger partial charge < -0.3 is 9.84 Å². The Kier molecular flexibility index (Phi) is 5.15. The number of sulfonamides is 1. The van der Waals surface area contributed by atoms with E-state index in [-0.39, 0.29) is 6.54 Å². The third kappa shape index (κ3) is 4.13. The zero-order valence-corrected chi connectivity index (χ0v) is 13.8. The Morgan fingerprint density at radius 1 is 1.38 bits per heavy atom. The van der Waals surface area contributed by atoms with E-state index < -0.39 is 10.0 Å². The van der Waals surface area contributed by atoms with E-state index >= 15 is 0 Å². The van der Waals surface area contributed by atoms with Gasteiger partial charge in [0.2, 0.25) is 10.0 Å². The molecule has 2 aromatic heterocycles. The first-order chi connectivity index (χ1) is 9.90. The first kappa shape index (κ1) is 16.2. The van der Waals surface area contributed by atoms with Crippen molar-refractivity contribution in [2.24, 2.45) is 0 Å². The van der Waals surface area contributed by atoms with Crippen molar-refractivity contribution in [2.75, 3.05) is 0 Å². The molecule has 2 heterocycles. The van der Waals surface area contributed by atoms with Gasteiger partial charge in [-0.3, -0.25) is 0 Å². The van der Waals surface area contributed by atoms with Gasteiger partial charge in [-0.15, -0.1) is 11.3 Å². The van der Waals surface area contributed by atoms with Crippen LogP contribution in [0, 0.1) is 6.92 Å². The van der Waals surface area contributed by atoms with Crippen LogP contribution in [0.4, 0.5) is 0 Å². The van der Waals surface area contributed by atoms with Crippen molar-refractivity contribution >= 4 is 21.4 Å². The Morgan fingerprint density at radius 3 is 2.76 bits per heavy atom. The molecule has 2 aromatic rings. The zero-order chi connectivity index (χ0) is 15.5. The Bertz CT molecular complexity index is 676. The largest absolute Gasteiger partial charge is 0.360 e. The minimum Gasteiger partial charge on any atom is -0.360 e. The minimum atomic E-state index is -3.57. The molecule has 0 aromatic carbocycles. The highest BCUT2D eigenvalue weighted by Gasteiger charge is 2.23. The van der Waals surface area contributed by atoms with Crippen LogP contribution in [-0.4, -0.2) is 19.6 Å². The molecule has 0 unspecified atom stereocenters. The summed E-state index contributed by atoms with van der Waals surface area (Å²) in [6.07, 6.45) is 1.48. The molecule has 0 spiro atoms. The summed E-state index contributed by atoms with van der Waals surface area (Å²) in [5.74, 6) is 0.480. The Balaban J connectivity index is 2.16. The molecular weight excluding hydrogens is 310 g/mol. The number of rotatable bonds is 7. The van der Waals surface area contributed by atoms with Gasteiger partial charge in [-0.1, -0.05) is 19.0 Å². The van der Waals surface area contributed by atoms with Crippen LogP contribution in [0.25, 0.3) is 0 Å². The molecule has 0 atom stereocenters. The number of aryl methyl sites for hydroxylation is 1. The highest BCUT2D eigenvalue weighted by atomic mass is 32.2. The summed E-state index contributed by atoms with van der Waals surface area (Å²) < 4.78 is 32.4. The van der Waals surface area contributed by atoms with Gasteiger partial charge in [0.25, 0.3) is 0 Å². The number of hydrogen-bond donors (Lipinski definition) is 2. The molecule has 0 bridgehead atoms. The van der Waals surface area contributed by atoms with Crippen LogP contribution in [0.15, 0.2) is 27.1 Å². The average molecular weight is 329 g/mol. The SMILES string of the molecule is Cc1csc(CNC(C)C)c1S(=O)(=O)NCc1ccno1. The minimum absolute atomic E-state index is 0.0919. The monoisotopic (exact) mass is 329 g/mol. The Hall–Kier alpha value is -1.22. The van der Waals surface area contributed by atoms with Crippen LogP contribution in [0.1, 0.15) is 30.0 Å². The summed E-state index contributed by atoms with van der Waals surface area (Å²) in [6, 6.07) is 1.93. The van der Waals surface area contributed by atoms with Gasteiger partial charge in [-0.25, -0.2) is 13.1 Å². The molecule has 6 nitrogen and oxygen atoms in total. The molecule has 0 aliphatic rings. The van der Waals surface area contributed by atoms with Crippen LogP contribution < -0.4 is 10.0 Å². The van der Waals surface area contributed by atoms with Crippen molar-refractivity contribution in [2.45, 2.75) is 44.8 Å². The fourth-order valence-electron chi connectivity index (χ4n) is 1.84. The predicted octanol–water partition coefficient (Wildman–Crippen LogP) is 2.02. The van der Waals surface area contributed by atoms with Crippen molar-refractivity contribution in [3.63, 3.8) is 0 Å². The molecule has 0 saturated heterocycles. The summed E-state index contributed by atoms with van der Waals surface area (Å²) in [4.78, 5) is 1.17. The molecule has 2 N–H and O–H groups in total. The van der Waals surface area contributed by atoms with Crippen LogP contribution >= 0.6 is 11.3 Å². The third-order valence-corrected chi connectivity index (χ3v) is 5.72. The maximum Gasteiger partial charge on any atom is 0.242 e. The smallest absolute Gasteiger partial charge is 0.242 e. The molecule has 0 radical (unpaired) electrons. The van der Waals surface area contributed by atoms with Crippen molar-refractivity contribution < 1.29 is 12.9 Å². The zero-order valence-electron chi connectivity index (χ0n) is 12.2. The number of thiophene rings is 1. The van der Waals surface area contributed by atoms with Gasteiger partial charge >= 0.3 is 0 Å². The van der Waals surface area contributed by atoms with Gasteiger partial charge in [0.05, 0.1) is 12.7 Å². The summed E-state index contributed by atoms with van der Waals surface area (Å²) in [7, 11) is -3.57. The lowest BCUT2D eigenvalue weighted by Gasteiger charge is -2.10. The molecule has 2 rings (SSSR count). The van der Waals surface area contributed by atoms with Crippen LogP contribution in [0.2, 0.25) is 0 Å². The molecule has 8 heteroatoms. The lowest BCUT2D eigenvalue weighted by Crippen LogP contribution is -2.26. The first-order valence-corrected chi connectivity index (χ1v) is 8.96. The lowest BCUT2D eigenvalue weighted by molar-refractivity contribution is 0.380. The van der Waals surface area contributed by atoms with Gasteiger partial charge in [0.1, 0.15) is 4.90 Å². The van der Waals surface area contributed by atoms with Gasteiger partial charge in [0.15, 0.2) is 5.76 Å². The van der Waals surface area contributed by atoms with E-state index in [0.717, 1.165) is 10.4 Å². The highest BCUT2D eigenvalue weighted by molar-refractivity contribution is 7.89. The molecule has 0 aliphatic heterocycles. The predicted molar refractivity (Wildman–Crippen MR) is 81.6 cm³/mol. The fraction of sp³-hybridized carbons (Fsp3) is 0.462. The molecule has 0 aliphatic carbocycles. The van der Waals surface area contributed by atoms with Gasteiger partial charge in [-0.05, 0) is 17.9 Å². The molecule has 0 fully saturated rings. The van der Waals surface area contributed by atoms with E-state index in [1.165, 1.54) is 17.5 Å². The van der Waals surface area contributed by atoms with Crippen LogP contribution in [0.5, 0.6) is 0 Å². The molecular formula is C13H19N3O3S2. The fourth-order valence-corrected chi connectivity index (χ4v) is 4.59. The van der Waals surface area contributed by atoms with Crippen molar-refractivity contribution in [3.8, 4) is 0 Å². The Labute approximate surface area is 128 Å². The second kappa shape index (κ2) is 6.69. The number of hydrogen-bond acceptors (Lipinski definition) is 6. The van der Waals surface area contributed by atoms with E-state index in [4.69, 9.17) is 4.52 Å². The molecule has 21 heavy (non-hydrogen) atoms. The van der Waals surface area contributed by atoms with Crippen molar-refractivity contribution in [1.29, 1.82) is 0 Å². The van der Waals surface area contributed by atoms with Gasteiger partial charge in [-0.2, -0.15) is 0 Å². The first-order valence-electron chi connectivity index (χ1n) is 6.59. The molecule has 116 valence electrons. The van der Waals surface area contributed by atoms with E-state index in [2.05, 4.69) is 15.2 Å². The van der Waals surface area contributed by atoms with Crippen LogP contribution in [-0.2, 0) is 23.1 Å². The normalized spacial score (nSPS) is 12.2. The van der Waals surface area contributed by atoms with E-state index in [9.17, 15) is 8.42 Å². The summed E-state index contributed by atoms with van der Waals surface area (Å²) >= 11 is 1.45. The maximum atomic E-state index is 12.5. The second-order valence-corrected chi connectivity index (χ2v) is 7.68. The summed E-state index contributed by atoms with van der Waals surface area (Å²) in [5.41, 5.74) is 0.755. The average Bonchev–Trinajstić information content (AvgIpc) is 3.03. The van der Waals surface area contributed by atoms with E-state index in [0.29, 0.717) is 23.2 Å². The van der Waals surface area contributed by atoms with E-state index in [1.54, 1.807) is 13.0 Å². The maximum absolute atomic E-state index is 12.5. The number of nitrogens with one attached hydrogen (secondary N) is 2. The topological polar surface area (TPSA) is 84.2 Å². The highest BCUT2D eigenvalue weighted by Crippen LogP contribution is 2.27.